The summed E-state index contributed by atoms with van der Waals surface area (Å²) in [6.45, 7) is 2.87. The Bertz CT molecular complexity index is 290. The van der Waals surface area contributed by atoms with Gasteiger partial charge >= 0.3 is 12.1 Å². The van der Waals surface area contributed by atoms with Crippen molar-refractivity contribution in [3.63, 3.8) is 0 Å². The van der Waals surface area contributed by atoms with Gasteiger partial charge in [0.25, 0.3) is 0 Å². The average molecular weight is 266 g/mol. The SMILES string of the molecule is CC(C)N1N=CN(Cl)C1C(F)(F)C(F)(F)F. The van der Waals surface area contributed by atoms with Crippen molar-refractivity contribution in [2.75, 3.05) is 0 Å². The van der Waals surface area contributed by atoms with E-state index in [1.54, 1.807) is 0 Å². The molecule has 0 saturated carbocycles. The van der Waals surface area contributed by atoms with Crippen molar-refractivity contribution in [3.05, 3.63) is 0 Å². The lowest BCUT2D eigenvalue weighted by molar-refractivity contribution is -0.311. The molecule has 1 atom stereocenters. The Morgan fingerprint density at radius 1 is 1.25 bits per heavy atom. The summed E-state index contributed by atoms with van der Waals surface area (Å²) in [5, 5.41) is 4.01. The largest absolute Gasteiger partial charge is 0.457 e. The molecule has 0 radical (unpaired) electrons. The van der Waals surface area contributed by atoms with Crippen molar-refractivity contribution in [2.45, 2.75) is 38.2 Å². The molecule has 1 aliphatic rings. The van der Waals surface area contributed by atoms with E-state index in [4.69, 9.17) is 11.8 Å². The number of nitrogens with zero attached hydrogens (tertiary/aromatic N) is 3. The molecule has 0 saturated heterocycles. The van der Waals surface area contributed by atoms with Crippen LogP contribution in [-0.4, -0.2) is 40.1 Å². The molecule has 0 aromatic heterocycles. The first-order chi connectivity index (χ1) is 7.09. The van der Waals surface area contributed by atoms with Crippen LogP contribution in [0.5, 0.6) is 0 Å². The highest BCUT2D eigenvalue weighted by Crippen LogP contribution is 2.43. The third kappa shape index (κ3) is 2.02. The van der Waals surface area contributed by atoms with Crippen molar-refractivity contribution >= 4 is 18.1 Å². The number of halogens is 6. The van der Waals surface area contributed by atoms with Gasteiger partial charge in [-0.2, -0.15) is 27.1 Å². The number of hydrogen-bond donors (Lipinski definition) is 0. The summed E-state index contributed by atoms with van der Waals surface area (Å²) >= 11 is 5.27. The maximum absolute atomic E-state index is 13.1. The van der Waals surface area contributed by atoms with Gasteiger partial charge in [0, 0.05) is 17.8 Å². The molecule has 0 aromatic rings. The number of rotatable bonds is 2. The fourth-order valence-corrected chi connectivity index (χ4v) is 1.48. The minimum absolute atomic E-state index is 0.230. The maximum atomic E-state index is 13.1. The predicted molar refractivity (Wildman–Crippen MR) is 47.9 cm³/mol. The molecule has 1 heterocycles. The van der Waals surface area contributed by atoms with Gasteiger partial charge < -0.3 is 0 Å². The molecule has 94 valence electrons. The van der Waals surface area contributed by atoms with E-state index in [2.05, 4.69) is 5.10 Å². The van der Waals surface area contributed by atoms with Crippen molar-refractivity contribution in [1.29, 1.82) is 0 Å². The molecule has 0 aromatic carbocycles. The van der Waals surface area contributed by atoms with Gasteiger partial charge in [-0.15, -0.1) is 0 Å². The third-order valence-corrected chi connectivity index (χ3v) is 2.28. The fraction of sp³-hybridized carbons (Fsp3) is 0.857. The van der Waals surface area contributed by atoms with E-state index in [-0.39, 0.29) is 4.42 Å². The highest BCUT2D eigenvalue weighted by molar-refractivity contribution is 6.19. The van der Waals surface area contributed by atoms with E-state index in [9.17, 15) is 22.0 Å². The van der Waals surface area contributed by atoms with Crippen molar-refractivity contribution in [1.82, 2.24) is 9.43 Å². The lowest BCUT2D eigenvalue weighted by atomic mass is 10.2. The highest BCUT2D eigenvalue weighted by Gasteiger charge is 2.67. The summed E-state index contributed by atoms with van der Waals surface area (Å²) < 4.78 is 63.0. The van der Waals surface area contributed by atoms with E-state index in [1.807, 2.05) is 0 Å². The number of hydrazone groups is 1. The van der Waals surface area contributed by atoms with Crippen LogP contribution in [0.1, 0.15) is 13.8 Å². The summed E-state index contributed by atoms with van der Waals surface area (Å²) in [6, 6.07) is -0.627. The average Bonchev–Trinajstić information content (AvgIpc) is 2.45. The van der Waals surface area contributed by atoms with Gasteiger partial charge in [0.15, 0.2) is 0 Å². The summed E-state index contributed by atoms with van der Waals surface area (Å²) in [5.41, 5.74) is 0. The molecular formula is C7H9ClF5N3. The Hall–Kier alpha value is -0.790. The Morgan fingerprint density at radius 3 is 2.12 bits per heavy atom. The lowest BCUT2D eigenvalue weighted by Crippen LogP contribution is -2.58. The second kappa shape index (κ2) is 3.90. The zero-order valence-electron chi connectivity index (χ0n) is 8.34. The molecule has 0 bridgehead atoms. The molecule has 9 heteroatoms. The molecule has 0 amide bonds. The van der Waals surface area contributed by atoms with Crippen LogP contribution in [0.2, 0.25) is 0 Å². The van der Waals surface area contributed by atoms with Crippen LogP contribution < -0.4 is 0 Å². The first-order valence-electron chi connectivity index (χ1n) is 4.30. The molecule has 1 aliphatic heterocycles. The monoisotopic (exact) mass is 265 g/mol. The van der Waals surface area contributed by atoms with Gasteiger partial charge in [-0.25, -0.2) is 4.42 Å². The minimum atomic E-state index is -5.67. The molecular weight excluding hydrogens is 257 g/mol. The molecule has 0 N–H and O–H groups in total. The van der Waals surface area contributed by atoms with Crippen LogP contribution in [0, 0.1) is 0 Å². The zero-order valence-corrected chi connectivity index (χ0v) is 9.10. The normalized spacial score (nSPS) is 22.4. The molecule has 0 fully saturated rings. The smallest absolute Gasteiger partial charge is 0.263 e. The molecule has 16 heavy (non-hydrogen) atoms. The Kier molecular flexibility index (Phi) is 3.24. The topological polar surface area (TPSA) is 18.8 Å². The van der Waals surface area contributed by atoms with Crippen LogP contribution in [-0.2, 0) is 0 Å². The van der Waals surface area contributed by atoms with Gasteiger partial charge in [0.05, 0.1) is 0 Å². The third-order valence-electron chi connectivity index (χ3n) is 2.01. The van der Waals surface area contributed by atoms with Crippen molar-refractivity contribution < 1.29 is 22.0 Å². The van der Waals surface area contributed by atoms with Crippen LogP contribution in [0.25, 0.3) is 0 Å². The molecule has 3 nitrogen and oxygen atoms in total. The molecule has 0 spiro atoms. The first-order valence-corrected chi connectivity index (χ1v) is 4.64. The van der Waals surface area contributed by atoms with E-state index in [0.29, 0.717) is 5.01 Å². The number of hydrogen-bond acceptors (Lipinski definition) is 3. The second-order valence-electron chi connectivity index (χ2n) is 3.54. The number of alkyl halides is 5. The van der Waals surface area contributed by atoms with Crippen LogP contribution >= 0.6 is 11.8 Å². The summed E-state index contributed by atoms with van der Waals surface area (Å²) in [5.74, 6) is -4.96. The minimum Gasteiger partial charge on any atom is -0.263 e. The van der Waals surface area contributed by atoms with Gasteiger partial charge in [-0.1, -0.05) is 0 Å². The van der Waals surface area contributed by atoms with Gasteiger partial charge in [-0.05, 0) is 13.8 Å². The Labute approximate surface area is 93.6 Å². The molecule has 1 unspecified atom stereocenters. The van der Waals surface area contributed by atoms with Crippen LogP contribution in [0.3, 0.4) is 0 Å². The lowest BCUT2D eigenvalue weighted by Gasteiger charge is -2.35. The fourth-order valence-electron chi connectivity index (χ4n) is 1.23. The quantitative estimate of drug-likeness (QED) is 0.565. The summed E-state index contributed by atoms with van der Waals surface area (Å²) in [4.78, 5) is 0. The Morgan fingerprint density at radius 2 is 1.75 bits per heavy atom. The van der Waals surface area contributed by atoms with E-state index >= 15 is 0 Å². The van der Waals surface area contributed by atoms with Crippen molar-refractivity contribution in [2.24, 2.45) is 5.10 Å². The van der Waals surface area contributed by atoms with Crippen LogP contribution in [0.4, 0.5) is 22.0 Å². The van der Waals surface area contributed by atoms with Gasteiger partial charge in [-0.3, -0.25) is 5.01 Å². The van der Waals surface area contributed by atoms with Gasteiger partial charge in [0.2, 0.25) is 6.17 Å². The van der Waals surface area contributed by atoms with E-state index in [1.165, 1.54) is 13.8 Å². The van der Waals surface area contributed by atoms with Gasteiger partial charge in [0.1, 0.15) is 6.34 Å². The van der Waals surface area contributed by atoms with E-state index < -0.39 is 24.3 Å². The second-order valence-corrected chi connectivity index (χ2v) is 3.93. The molecule has 1 rings (SSSR count). The molecule has 0 aliphatic carbocycles. The summed E-state index contributed by atoms with van der Waals surface area (Å²) in [6.07, 6.45) is -7.30. The standard InChI is InChI=1S/C7H9ClF5N3/c1-4(2)16-5(15(8)3-14-16)6(9,10)7(11,12)13/h3-5H,1-2H3. The summed E-state index contributed by atoms with van der Waals surface area (Å²) in [7, 11) is 0. The zero-order chi connectivity index (χ0) is 12.7. The predicted octanol–water partition coefficient (Wildman–Crippen LogP) is 2.63. The van der Waals surface area contributed by atoms with Crippen LogP contribution in [0.15, 0.2) is 5.10 Å². The van der Waals surface area contributed by atoms with Crippen molar-refractivity contribution in [3.8, 4) is 0 Å². The van der Waals surface area contributed by atoms with E-state index in [0.717, 1.165) is 6.34 Å². The highest BCUT2D eigenvalue weighted by atomic mass is 35.5. The maximum Gasteiger partial charge on any atom is 0.457 e. The first kappa shape index (κ1) is 13.3. The Balaban J connectivity index is 3.02.